The van der Waals surface area contributed by atoms with Crippen LogP contribution < -0.4 is 4.90 Å². The molecule has 0 saturated heterocycles. The normalized spacial score (nSPS) is 14.4. The Morgan fingerprint density at radius 3 is 1.24 bits per heavy atom. The molecule has 0 radical (unpaired) electrons. The van der Waals surface area contributed by atoms with Crippen LogP contribution in [0.25, 0.3) is 0 Å². The van der Waals surface area contributed by atoms with E-state index in [1.165, 1.54) is 56.0 Å². The first-order valence-corrected chi connectivity index (χ1v) is 14.8. The number of rotatable bonds is 3. The third-order valence-electron chi connectivity index (χ3n) is 8.76. The molecule has 5 aromatic carbocycles. The van der Waals surface area contributed by atoms with Gasteiger partial charge in [-0.15, -0.1) is 0 Å². The maximum absolute atomic E-state index is 2.44. The molecular weight excluding hydrogens is 494 g/mol. The zero-order valence-electron chi connectivity index (χ0n) is 25.5. The predicted octanol–water partition coefficient (Wildman–Crippen LogP) is 10.8. The van der Waals surface area contributed by atoms with Gasteiger partial charge < -0.3 is 4.90 Å². The molecule has 0 spiro atoms. The van der Waals surface area contributed by atoms with Crippen molar-refractivity contribution in [2.75, 3.05) is 4.90 Å². The Kier molecular flexibility index (Phi) is 6.46. The van der Waals surface area contributed by atoms with Crippen molar-refractivity contribution < 1.29 is 0 Å². The Morgan fingerprint density at radius 2 is 0.854 bits per heavy atom. The van der Waals surface area contributed by atoms with Crippen LogP contribution in [0.4, 0.5) is 17.1 Å². The van der Waals surface area contributed by atoms with E-state index in [0.29, 0.717) is 0 Å². The van der Waals surface area contributed by atoms with Crippen molar-refractivity contribution in [2.45, 2.75) is 64.7 Å². The highest BCUT2D eigenvalue weighted by Gasteiger charge is 2.46. The summed E-state index contributed by atoms with van der Waals surface area (Å²) in [6.45, 7) is 15.9. The van der Waals surface area contributed by atoms with Gasteiger partial charge in [0.1, 0.15) is 0 Å². The first kappa shape index (κ1) is 27.1. The Bertz CT molecular complexity index is 1570. The Hall–Kier alpha value is -4.10. The molecule has 1 aliphatic rings. The lowest BCUT2D eigenvalue weighted by atomic mass is 9.62. The number of anilines is 3. The molecule has 0 unspecified atom stereocenters. The quantitative estimate of drug-likeness (QED) is 0.218. The Balaban J connectivity index is 1.70. The van der Waals surface area contributed by atoms with Crippen LogP contribution in [0.15, 0.2) is 121 Å². The molecule has 6 rings (SSSR count). The molecule has 1 nitrogen and oxygen atoms in total. The monoisotopic (exact) mass is 535 g/mol. The van der Waals surface area contributed by atoms with Crippen molar-refractivity contribution in [1.82, 2.24) is 0 Å². The summed E-state index contributed by atoms with van der Waals surface area (Å²) in [4.78, 5) is 2.44. The molecule has 41 heavy (non-hydrogen) atoms. The largest absolute Gasteiger partial charge is 0.310 e. The molecule has 0 saturated carbocycles. The van der Waals surface area contributed by atoms with Crippen molar-refractivity contribution in [1.29, 1.82) is 0 Å². The van der Waals surface area contributed by atoms with Gasteiger partial charge in [0.2, 0.25) is 0 Å². The van der Waals surface area contributed by atoms with Gasteiger partial charge in [0.15, 0.2) is 0 Å². The van der Waals surface area contributed by atoms with Crippen LogP contribution in [0.5, 0.6) is 0 Å². The molecule has 1 heteroatoms. The molecule has 1 heterocycles. The van der Waals surface area contributed by atoms with Crippen molar-refractivity contribution >= 4 is 17.1 Å². The first-order valence-electron chi connectivity index (χ1n) is 14.8. The summed E-state index contributed by atoms with van der Waals surface area (Å²) in [6, 6.07) is 45.7. The third-order valence-corrected chi connectivity index (χ3v) is 8.76. The highest BCUT2D eigenvalue weighted by molar-refractivity contribution is 5.89. The van der Waals surface area contributed by atoms with Crippen LogP contribution in [-0.2, 0) is 16.2 Å². The van der Waals surface area contributed by atoms with Crippen LogP contribution in [0.1, 0.15) is 80.5 Å². The van der Waals surface area contributed by atoms with Gasteiger partial charge in [0, 0.05) is 5.69 Å². The van der Waals surface area contributed by atoms with Crippen LogP contribution in [0.3, 0.4) is 0 Å². The fourth-order valence-electron chi connectivity index (χ4n) is 6.45. The van der Waals surface area contributed by atoms with E-state index in [0.717, 1.165) is 0 Å². The van der Waals surface area contributed by atoms with E-state index in [2.05, 4.69) is 175 Å². The molecule has 0 atom stereocenters. The van der Waals surface area contributed by atoms with E-state index in [9.17, 15) is 0 Å². The van der Waals surface area contributed by atoms with Gasteiger partial charge >= 0.3 is 0 Å². The minimum Gasteiger partial charge on any atom is -0.310 e. The minimum atomic E-state index is -0.471. The molecule has 0 aromatic heterocycles. The van der Waals surface area contributed by atoms with Gasteiger partial charge in [-0.2, -0.15) is 0 Å². The van der Waals surface area contributed by atoms with Gasteiger partial charge in [0.05, 0.1) is 16.8 Å². The van der Waals surface area contributed by atoms with Gasteiger partial charge in [-0.05, 0) is 75.4 Å². The fraction of sp³-hybridized carbons (Fsp3) is 0.250. The van der Waals surface area contributed by atoms with Crippen LogP contribution in [0, 0.1) is 6.92 Å². The lowest BCUT2D eigenvalue weighted by Crippen LogP contribution is -2.37. The molecule has 0 N–H and O–H groups in total. The number of hydrogen-bond acceptors (Lipinski definition) is 1. The van der Waals surface area contributed by atoms with Crippen molar-refractivity contribution in [2.24, 2.45) is 0 Å². The van der Waals surface area contributed by atoms with Crippen LogP contribution >= 0.6 is 0 Å². The summed E-state index contributed by atoms with van der Waals surface area (Å²) in [7, 11) is 0. The lowest BCUT2D eigenvalue weighted by Gasteiger charge is -2.46. The molecule has 0 amide bonds. The smallest absolute Gasteiger partial charge is 0.0742 e. The molecule has 206 valence electrons. The van der Waals surface area contributed by atoms with E-state index in [1.54, 1.807) is 0 Å². The number of hydrogen-bond donors (Lipinski definition) is 0. The van der Waals surface area contributed by atoms with E-state index in [4.69, 9.17) is 0 Å². The molecule has 5 aromatic rings. The lowest BCUT2D eigenvalue weighted by molar-refractivity contribution is 0.588. The van der Waals surface area contributed by atoms with E-state index >= 15 is 0 Å². The third kappa shape index (κ3) is 4.49. The summed E-state index contributed by atoms with van der Waals surface area (Å²) in [5.74, 6) is 0. The fourth-order valence-corrected chi connectivity index (χ4v) is 6.45. The van der Waals surface area contributed by atoms with Gasteiger partial charge in [-0.3, -0.25) is 0 Å². The van der Waals surface area contributed by atoms with Crippen molar-refractivity contribution in [3.05, 3.63) is 160 Å². The van der Waals surface area contributed by atoms with Gasteiger partial charge in [0.25, 0.3) is 0 Å². The summed E-state index contributed by atoms with van der Waals surface area (Å²) < 4.78 is 0. The molecule has 1 aliphatic heterocycles. The van der Waals surface area contributed by atoms with Gasteiger partial charge in [-0.25, -0.2) is 0 Å². The second-order valence-electron chi connectivity index (χ2n) is 13.6. The molecule has 0 bridgehead atoms. The number of aryl methyl sites for hydroxylation is 1. The Morgan fingerprint density at radius 1 is 0.463 bits per heavy atom. The second kappa shape index (κ2) is 9.77. The van der Waals surface area contributed by atoms with Crippen molar-refractivity contribution in [3.8, 4) is 0 Å². The summed E-state index contributed by atoms with van der Waals surface area (Å²) in [5.41, 5.74) is 12.4. The zero-order chi connectivity index (χ0) is 29.0. The van der Waals surface area contributed by atoms with Crippen LogP contribution in [0.2, 0.25) is 0 Å². The maximum Gasteiger partial charge on any atom is 0.0742 e. The SMILES string of the molecule is Cc1ccc(N2c3ccccc3C(c3ccc(C(C)(C)C)cc3)(c3ccc(C(C)(C)C)cc3)c3ccccc32)cc1. The molecule has 0 aliphatic carbocycles. The minimum absolute atomic E-state index is 0.0880. The number of fused-ring (bicyclic) bond motifs is 2. The van der Waals surface area contributed by atoms with E-state index < -0.39 is 5.41 Å². The standard InChI is InChI=1S/C40H41N/c1-28-16-26-33(27-17-28)41-36-14-10-8-12-34(36)40(35-13-9-11-15-37(35)41,31-22-18-29(19-23-31)38(2,3)4)32-24-20-30(21-25-32)39(5,6)7/h8-27H,1-7H3. The predicted molar refractivity (Wildman–Crippen MR) is 175 cm³/mol. The number of para-hydroxylation sites is 2. The number of benzene rings is 5. The topological polar surface area (TPSA) is 3.24 Å². The van der Waals surface area contributed by atoms with Crippen LogP contribution in [-0.4, -0.2) is 0 Å². The first-order chi connectivity index (χ1) is 19.5. The summed E-state index contributed by atoms with van der Waals surface area (Å²) in [5, 5.41) is 0. The molecule has 0 fully saturated rings. The maximum atomic E-state index is 2.44. The van der Waals surface area contributed by atoms with Gasteiger partial charge in [-0.1, -0.05) is 144 Å². The van der Waals surface area contributed by atoms with E-state index in [-0.39, 0.29) is 10.8 Å². The summed E-state index contributed by atoms with van der Waals surface area (Å²) in [6.07, 6.45) is 0. The Labute approximate surface area is 246 Å². The second-order valence-corrected chi connectivity index (χ2v) is 13.6. The average molecular weight is 536 g/mol. The molecular formula is C40H41N. The van der Waals surface area contributed by atoms with E-state index in [1.807, 2.05) is 0 Å². The zero-order valence-corrected chi connectivity index (χ0v) is 25.5. The average Bonchev–Trinajstić information content (AvgIpc) is 2.96. The highest BCUT2D eigenvalue weighted by atomic mass is 15.2. The number of nitrogens with zero attached hydrogens (tertiary/aromatic N) is 1. The van der Waals surface area contributed by atoms with Crippen molar-refractivity contribution in [3.63, 3.8) is 0 Å². The highest BCUT2D eigenvalue weighted by Crippen LogP contribution is 2.57. The summed E-state index contributed by atoms with van der Waals surface area (Å²) >= 11 is 0.